The van der Waals surface area contributed by atoms with Gasteiger partial charge in [0.25, 0.3) is 0 Å². The summed E-state index contributed by atoms with van der Waals surface area (Å²) < 4.78 is 0. The van der Waals surface area contributed by atoms with Gasteiger partial charge in [-0.2, -0.15) is 0 Å². The van der Waals surface area contributed by atoms with Gasteiger partial charge in [0.05, 0.1) is 10.6 Å². The maximum absolute atomic E-state index is 10.5. The van der Waals surface area contributed by atoms with E-state index in [2.05, 4.69) is 0 Å². The molecule has 1 aromatic rings. The zero-order valence-electron chi connectivity index (χ0n) is 6.27. The highest BCUT2D eigenvalue weighted by Gasteiger charge is 2.10. The van der Waals surface area contributed by atoms with E-state index in [1.54, 1.807) is 6.92 Å². The lowest BCUT2D eigenvalue weighted by Crippen LogP contribution is -1.97. The Kier molecular flexibility index (Phi) is 2.60. The first-order chi connectivity index (χ1) is 5.52. The molecule has 0 bridgehead atoms. The molecule has 64 valence electrons. The summed E-state index contributed by atoms with van der Waals surface area (Å²) >= 11 is 11.4. The maximum atomic E-state index is 10.5. The van der Waals surface area contributed by atoms with Crippen LogP contribution in [0.15, 0.2) is 12.1 Å². The van der Waals surface area contributed by atoms with Crippen LogP contribution in [0.3, 0.4) is 0 Å². The van der Waals surface area contributed by atoms with Crippen molar-refractivity contribution in [1.29, 1.82) is 0 Å². The number of carboxylic acids is 1. The van der Waals surface area contributed by atoms with Crippen molar-refractivity contribution in [2.24, 2.45) is 0 Å². The molecular weight excluding hydrogens is 199 g/mol. The van der Waals surface area contributed by atoms with Crippen molar-refractivity contribution in [3.05, 3.63) is 33.3 Å². The van der Waals surface area contributed by atoms with Crippen LogP contribution in [0.4, 0.5) is 0 Å². The van der Waals surface area contributed by atoms with Crippen molar-refractivity contribution in [3.63, 3.8) is 0 Å². The quantitative estimate of drug-likeness (QED) is 0.764. The van der Waals surface area contributed by atoms with Crippen molar-refractivity contribution < 1.29 is 9.90 Å². The van der Waals surface area contributed by atoms with Crippen LogP contribution >= 0.6 is 23.2 Å². The molecule has 0 aliphatic rings. The van der Waals surface area contributed by atoms with E-state index in [0.717, 1.165) is 5.56 Å². The standard InChI is InChI=1S/C8H6Cl2O2/c1-4-2-7(10)5(8(11)12)3-6(4)9/h2-3H,1H3,(H,11,12). The maximum Gasteiger partial charge on any atom is 0.337 e. The highest BCUT2D eigenvalue weighted by Crippen LogP contribution is 2.24. The first-order valence-electron chi connectivity index (χ1n) is 3.21. The highest BCUT2D eigenvalue weighted by atomic mass is 35.5. The molecule has 0 aliphatic carbocycles. The van der Waals surface area contributed by atoms with E-state index in [0.29, 0.717) is 5.02 Å². The number of benzene rings is 1. The van der Waals surface area contributed by atoms with Crippen LogP contribution in [-0.4, -0.2) is 11.1 Å². The van der Waals surface area contributed by atoms with Gasteiger partial charge in [-0.3, -0.25) is 0 Å². The Labute approximate surface area is 79.7 Å². The van der Waals surface area contributed by atoms with Crippen molar-refractivity contribution in [3.8, 4) is 0 Å². The van der Waals surface area contributed by atoms with Crippen molar-refractivity contribution in [2.75, 3.05) is 0 Å². The summed E-state index contributed by atoms with van der Waals surface area (Å²) in [5.74, 6) is -1.07. The number of hydrogen-bond donors (Lipinski definition) is 1. The third-order valence-corrected chi connectivity index (χ3v) is 2.20. The summed E-state index contributed by atoms with van der Waals surface area (Å²) in [5, 5.41) is 9.26. The van der Waals surface area contributed by atoms with Crippen molar-refractivity contribution in [2.45, 2.75) is 6.92 Å². The van der Waals surface area contributed by atoms with Crippen LogP contribution in [0, 0.1) is 6.92 Å². The zero-order chi connectivity index (χ0) is 9.30. The Balaban J connectivity index is 3.33. The normalized spacial score (nSPS) is 9.92. The average Bonchev–Trinajstić information content (AvgIpc) is 1.96. The van der Waals surface area contributed by atoms with E-state index in [4.69, 9.17) is 28.3 Å². The Morgan fingerprint density at radius 1 is 1.33 bits per heavy atom. The number of carboxylic acid groups (broad SMARTS) is 1. The average molecular weight is 205 g/mol. The first-order valence-corrected chi connectivity index (χ1v) is 3.97. The summed E-state index contributed by atoms with van der Waals surface area (Å²) in [6.07, 6.45) is 0. The summed E-state index contributed by atoms with van der Waals surface area (Å²) in [6, 6.07) is 2.88. The minimum atomic E-state index is -1.07. The van der Waals surface area contributed by atoms with Gasteiger partial charge < -0.3 is 5.11 Å². The molecule has 0 fully saturated rings. The smallest absolute Gasteiger partial charge is 0.337 e. The number of halogens is 2. The number of carbonyl (C=O) groups is 1. The van der Waals surface area contributed by atoms with E-state index >= 15 is 0 Å². The van der Waals surface area contributed by atoms with E-state index in [-0.39, 0.29) is 10.6 Å². The van der Waals surface area contributed by atoms with Gasteiger partial charge >= 0.3 is 5.97 Å². The molecular formula is C8H6Cl2O2. The minimum absolute atomic E-state index is 0.0345. The summed E-state index contributed by atoms with van der Waals surface area (Å²) in [7, 11) is 0. The lowest BCUT2D eigenvalue weighted by atomic mass is 10.1. The summed E-state index contributed by atoms with van der Waals surface area (Å²) in [4.78, 5) is 10.5. The van der Waals surface area contributed by atoms with E-state index in [9.17, 15) is 4.79 Å². The topological polar surface area (TPSA) is 37.3 Å². The molecule has 1 N–H and O–H groups in total. The monoisotopic (exact) mass is 204 g/mol. The molecule has 0 saturated carbocycles. The van der Waals surface area contributed by atoms with Gasteiger partial charge in [-0.25, -0.2) is 4.79 Å². The molecule has 1 aromatic carbocycles. The second-order valence-electron chi connectivity index (χ2n) is 2.39. The summed E-state index contributed by atoms with van der Waals surface area (Å²) in [5.41, 5.74) is 0.805. The number of rotatable bonds is 1. The Morgan fingerprint density at radius 3 is 2.42 bits per heavy atom. The molecule has 0 aromatic heterocycles. The van der Waals surface area contributed by atoms with Crippen LogP contribution in [-0.2, 0) is 0 Å². The SMILES string of the molecule is Cc1cc(Cl)c(C(=O)O)cc1Cl. The Bertz CT molecular complexity index is 334. The van der Waals surface area contributed by atoms with Crippen LogP contribution in [0.5, 0.6) is 0 Å². The Morgan fingerprint density at radius 2 is 1.92 bits per heavy atom. The first kappa shape index (κ1) is 9.36. The largest absolute Gasteiger partial charge is 0.478 e. The molecule has 0 unspecified atom stereocenters. The lowest BCUT2D eigenvalue weighted by molar-refractivity contribution is 0.0697. The van der Waals surface area contributed by atoms with Gasteiger partial charge in [0.15, 0.2) is 0 Å². The molecule has 0 radical (unpaired) electrons. The molecule has 0 amide bonds. The third-order valence-electron chi connectivity index (χ3n) is 1.48. The molecule has 12 heavy (non-hydrogen) atoms. The predicted molar refractivity (Wildman–Crippen MR) is 48.2 cm³/mol. The van der Waals surface area contributed by atoms with E-state index < -0.39 is 5.97 Å². The predicted octanol–water partition coefficient (Wildman–Crippen LogP) is 3.00. The molecule has 2 nitrogen and oxygen atoms in total. The number of hydrogen-bond acceptors (Lipinski definition) is 1. The highest BCUT2D eigenvalue weighted by molar-refractivity contribution is 6.35. The van der Waals surface area contributed by atoms with Gasteiger partial charge in [-0.1, -0.05) is 23.2 Å². The minimum Gasteiger partial charge on any atom is -0.478 e. The lowest BCUT2D eigenvalue weighted by Gasteiger charge is -2.01. The van der Waals surface area contributed by atoms with Crippen LogP contribution in [0.1, 0.15) is 15.9 Å². The second-order valence-corrected chi connectivity index (χ2v) is 3.20. The fraction of sp³-hybridized carbons (Fsp3) is 0.125. The molecule has 0 atom stereocenters. The van der Waals surface area contributed by atoms with Gasteiger partial charge in [0, 0.05) is 5.02 Å². The van der Waals surface area contributed by atoms with Gasteiger partial charge in [-0.15, -0.1) is 0 Å². The third kappa shape index (κ3) is 1.71. The van der Waals surface area contributed by atoms with Crippen LogP contribution in [0.25, 0.3) is 0 Å². The molecule has 1 rings (SSSR count). The van der Waals surface area contributed by atoms with Crippen LogP contribution in [0.2, 0.25) is 10.0 Å². The van der Waals surface area contributed by atoms with Crippen LogP contribution < -0.4 is 0 Å². The second kappa shape index (κ2) is 3.33. The fourth-order valence-electron chi connectivity index (χ4n) is 0.810. The van der Waals surface area contributed by atoms with Crippen molar-refractivity contribution in [1.82, 2.24) is 0 Å². The van der Waals surface area contributed by atoms with E-state index in [1.807, 2.05) is 0 Å². The van der Waals surface area contributed by atoms with E-state index in [1.165, 1.54) is 12.1 Å². The van der Waals surface area contributed by atoms with Gasteiger partial charge in [0.1, 0.15) is 0 Å². The number of aromatic carboxylic acids is 1. The molecule has 0 spiro atoms. The summed E-state index contributed by atoms with van der Waals surface area (Å²) in [6.45, 7) is 1.76. The molecule has 0 aliphatic heterocycles. The zero-order valence-corrected chi connectivity index (χ0v) is 7.78. The van der Waals surface area contributed by atoms with Gasteiger partial charge in [-0.05, 0) is 24.6 Å². The van der Waals surface area contributed by atoms with Gasteiger partial charge in [0.2, 0.25) is 0 Å². The molecule has 0 heterocycles. The fourth-order valence-corrected chi connectivity index (χ4v) is 1.27. The molecule has 4 heteroatoms. The molecule has 0 saturated heterocycles. The Hall–Kier alpha value is -0.730. The number of aryl methyl sites for hydroxylation is 1. The van der Waals surface area contributed by atoms with Crippen molar-refractivity contribution >= 4 is 29.2 Å².